The second-order valence-corrected chi connectivity index (χ2v) is 9.70. The molecule has 2 aliphatic heterocycles. The van der Waals surface area contributed by atoms with Crippen molar-refractivity contribution in [3.05, 3.63) is 41.5 Å². The molecule has 1 saturated carbocycles. The molecule has 3 heteroatoms. The third-order valence-electron chi connectivity index (χ3n) is 6.21. The summed E-state index contributed by atoms with van der Waals surface area (Å²) in [6, 6.07) is 10.5. The molecule has 0 spiro atoms. The summed E-state index contributed by atoms with van der Waals surface area (Å²) in [5.74, 6) is 2.01. The molecule has 0 radical (unpaired) electrons. The summed E-state index contributed by atoms with van der Waals surface area (Å²) < 4.78 is 6.43. The lowest BCUT2D eigenvalue weighted by Crippen LogP contribution is -2.37. The first-order valence-electron chi connectivity index (χ1n) is 8.95. The molecule has 128 valence electrons. The summed E-state index contributed by atoms with van der Waals surface area (Å²) in [5, 5.41) is 0. The monoisotopic (exact) mass is 342 g/mol. The Labute approximate surface area is 149 Å². The number of rotatable bonds is 4. The Morgan fingerprint density at radius 1 is 1.21 bits per heavy atom. The van der Waals surface area contributed by atoms with E-state index in [4.69, 9.17) is 4.74 Å². The molecule has 1 saturated heterocycles. The zero-order valence-corrected chi connectivity index (χ0v) is 15.6. The minimum Gasteiger partial charge on any atom is -0.366 e. The highest BCUT2D eigenvalue weighted by molar-refractivity contribution is 7.99. The first-order chi connectivity index (χ1) is 11.4. The molecule has 2 fully saturated rings. The standard InChI is InChI=1S/C21H26O2S/c1-20(2)10-16-18(11-20)21(3)9-14(17(12-22)19(16)23-21)13-24-15-7-5-4-6-8-15/h4-8,12,16,18-19H,9-11,13H2,1-3H3/t16-,18+,19-,21-/m1/s1. The normalized spacial score (nSPS) is 36.7. The van der Waals surface area contributed by atoms with Crippen LogP contribution in [0.1, 0.15) is 40.0 Å². The van der Waals surface area contributed by atoms with Crippen molar-refractivity contribution in [1.82, 2.24) is 0 Å². The first-order valence-corrected chi connectivity index (χ1v) is 9.93. The van der Waals surface area contributed by atoms with Crippen molar-refractivity contribution < 1.29 is 9.53 Å². The molecule has 24 heavy (non-hydrogen) atoms. The number of ether oxygens (including phenoxy) is 1. The van der Waals surface area contributed by atoms with Crippen LogP contribution in [0.15, 0.2) is 46.4 Å². The number of hydrogen-bond acceptors (Lipinski definition) is 3. The van der Waals surface area contributed by atoms with Crippen molar-refractivity contribution >= 4 is 18.0 Å². The van der Waals surface area contributed by atoms with E-state index in [1.54, 1.807) is 0 Å². The van der Waals surface area contributed by atoms with E-state index in [2.05, 4.69) is 45.0 Å². The van der Waals surface area contributed by atoms with Gasteiger partial charge in [0.05, 0.1) is 11.7 Å². The van der Waals surface area contributed by atoms with Gasteiger partial charge in [-0.15, -0.1) is 11.8 Å². The molecule has 0 N–H and O–H groups in total. The zero-order valence-electron chi connectivity index (χ0n) is 14.7. The predicted molar refractivity (Wildman–Crippen MR) is 98.1 cm³/mol. The Morgan fingerprint density at radius 2 is 1.96 bits per heavy atom. The van der Waals surface area contributed by atoms with Crippen LogP contribution in [0.2, 0.25) is 0 Å². The van der Waals surface area contributed by atoms with E-state index in [9.17, 15) is 4.79 Å². The largest absolute Gasteiger partial charge is 0.366 e. The molecule has 2 nitrogen and oxygen atoms in total. The van der Waals surface area contributed by atoms with Crippen LogP contribution in [0, 0.1) is 17.3 Å². The Hall–Kier alpha value is -1.06. The molecule has 3 aliphatic rings. The third-order valence-corrected chi connectivity index (χ3v) is 7.31. The quantitative estimate of drug-likeness (QED) is 0.576. The molecule has 0 amide bonds. The lowest BCUT2D eigenvalue weighted by molar-refractivity contribution is -0.108. The lowest BCUT2D eigenvalue weighted by atomic mass is 9.80. The Kier molecular flexibility index (Phi) is 3.92. The Morgan fingerprint density at radius 3 is 2.67 bits per heavy atom. The van der Waals surface area contributed by atoms with Gasteiger partial charge in [0.2, 0.25) is 0 Å². The molecule has 1 aromatic carbocycles. The smallest absolute Gasteiger partial charge is 0.148 e. The van der Waals surface area contributed by atoms with Crippen LogP contribution < -0.4 is 0 Å². The van der Waals surface area contributed by atoms with Gasteiger partial charge in [0.1, 0.15) is 6.29 Å². The highest BCUT2D eigenvalue weighted by Crippen LogP contribution is 2.61. The van der Waals surface area contributed by atoms with Gasteiger partial charge in [-0.3, -0.25) is 4.79 Å². The van der Waals surface area contributed by atoms with Crippen LogP contribution >= 0.6 is 11.8 Å². The maximum Gasteiger partial charge on any atom is 0.148 e. The fourth-order valence-corrected chi connectivity index (χ4v) is 6.19. The number of fused-ring (bicyclic) bond motifs is 5. The Balaban J connectivity index is 1.60. The number of hydrogen-bond donors (Lipinski definition) is 0. The summed E-state index contributed by atoms with van der Waals surface area (Å²) >= 11 is 1.83. The molecule has 0 unspecified atom stereocenters. The maximum atomic E-state index is 11.9. The fraction of sp³-hybridized carbons (Fsp3) is 0.571. The van der Waals surface area contributed by atoms with E-state index in [1.807, 2.05) is 17.8 Å². The van der Waals surface area contributed by atoms with Crippen molar-refractivity contribution in [2.45, 2.75) is 56.6 Å². The minimum atomic E-state index is -0.0812. The molecular formula is C21H26O2S. The number of carbonyl (C=O) groups is 1. The van der Waals surface area contributed by atoms with Crippen LogP contribution in [0.5, 0.6) is 0 Å². The van der Waals surface area contributed by atoms with E-state index < -0.39 is 0 Å². The number of aldehydes is 1. The third kappa shape index (κ3) is 2.66. The van der Waals surface area contributed by atoms with Crippen molar-refractivity contribution in [1.29, 1.82) is 0 Å². The van der Waals surface area contributed by atoms with Crippen molar-refractivity contribution in [3.8, 4) is 0 Å². The maximum absolute atomic E-state index is 11.9. The van der Waals surface area contributed by atoms with Gasteiger partial charge in [-0.25, -0.2) is 0 Å². The molecule has 1 aromatic rings. The summed E-state index contributed by atoms with van der Waals surface area (Å²) in [4.78, 5) is 13.1. The summed E-state index contributed by atoms with van der Waals surface area (Å²) in [7, 11) is 0. The molecule has 1 aliphatic carbocycles. The van der Waals surface area contributed by atoms with E-state index in [1.165, 1.54) is 23.3 Å². The van der Waals surface area contributed by atoms with Gasteiger partial charge < -0.3 is 4.74 Å². The summed E-state index contributed by atoms with van der Waals surface area (Å²) in [5.41, 5.74) is 2.55. The van der Waals surface area contributed by atoms with Crippen LogP contribution in [0.3, 0.4) is 0 Å². The van der Waals surface area contributed by atoms with Crippen molar-refractivity contribution in [2.75, 3.05) is 5.75 Å². The van der Waals surface area contributed by atoms with Crippen LogP contribution in [-0.2, 0) is 9.53 Å². The molecule has 4 atom stereocenters. The fourth-order valence-electron chi connectivity index (χ4n) is 5.23. The lowest BCUT2D eigenvalue weighted by Gasteiger charge is -2.37. The number of carbonyl (C=O) groups excluding carboxylic acids is 1. The second-order valence-electron chi connectivity index (χ2n) is 8.65. The predicted octanol–water partition coefficient (Wildman–Crippen LogP) is 4.89. The molecular weight excluding hydrogens is 316 g/mol. The number of benzene rings is 1. The van der Waals surface area contributed by atoms with Crippen LogP contribution in [0.25, 0.3) is 0 Å². The van der Waals surface area contributed by atoms with E-state index >= 15 is 0 Å². The van der Waals surface area contributed by atoms with Crippen molar-refractivity contribution in [2.24, 2.45) is 17.3 Å². The second kappa shape index (κ2) is 5.74. The van der Waals surface area contributed by atoms with E-state index in [0.717, 1.165) is 24.0 Å². The Bertz CT molecular complexity index is 678. The van der Waals surface area contributed by atoms with Crippen LogP contribution in [-0.4, -0.2) is 23.7 Å². The SMILES string of the molecule is CC1(C)C[C@H]2[C@H]3O[C@](C)(CC(CSc4ccccc4)=C3C=O)[C@H]2C1. The van der Waals surface area contributed by atoms with Gasteiger partial charge >= 0.3 is 0 Å². The minimum absolute atomic E-state index is 0.0272. The van der Waals surface area contributed by atoms with E-state index in [0.29, 0.717) is 17.3 Å². The highest BCUT2D eigenvalue weighted by Gasteiger charge is 2.60. The van der Waals surface area contributed by atoms with Gasteiger partial charge in [-0.05, 0) is 61.1 Å². The molecule has 4 rings (SSSR count). The topological polar surface area (TPSA) is 26.3 Å². The van der Waals surface area contributed by atoms with Crippen molar-refractivity contribution in [3.63, 3.8) is 0 Å². The average Bonchev–Trinajstić information content (AvgIpc) is 2.98. The summed E-state index contributed by atoms with van der Waals surface area (Å²) in [6.07, 6.45) is 4.41. The van der Waals surface area contributed by atoms with Gasteiger partial charge in [-0.1, -0.05) is 32.0 Å². The van der Waals surface area contributed by atoms with Gasteiger partial charge in [0.25, 0.3) is 0 Å². The van der Waals surface area contributed by atoms with E-state index in [-0.39, 0.29) is 11.7 Å². The van der Waals surface area contributed by atoms with Gasteiger partial charge in [0, 0.05) is 16.2 Å². The molecule has 2 heterocycles. The van der Waals surface area contributed by atoms with Gasteiger partial charge in [-0.2, -0.15) is 0 Å². The first kappa shape index (κ1) is 16.4. The highest BCUT2D eigenvalue weighted by atomic mass is 32.2. The molecule has 2 bridgehead atoms. The summed E-state index contributed by atoms with van der Waals surface area (Å²) in [6.45, 7) is 7.00. The average molecular weight is 343 g/mol. The van der Waals surface area contributed by atoms with Crippen LogP contribution in [0.4, 0.5) is 0 Å². The number of thioether (sulfide) groups is 1. The zero-order chi connectivity index (χ0) is 16.9. The van der Waals surface area contributed by atoms with Gasteiger partial charge in [0.15, 0.2) is 0 Å². The molecule has 0 aromatic heterocycles.